The number of rotatable bonds is 12. The van der Waals surface area contributed by atoms with Gasteiger partial charge in [-0.1, -0.05) is 30.3 Å². The van der Waals surface area contributed by atoms with Gasteiger partial charge < -0.3 is 36.5 Å². The minimum absolute atomic E-state index is 0.0290. The Hall–Kier alpha value is -4.42. The van der Waals surface area contributed by atoms with Crippen molar-refractivity contribution in [3.8, 4) is 0 Å². The van der Waals surface area contributed by atoms with Gasteiger partial charge in [0, 0.05) is 13.1 Å². The smallest absolute Gasteiger partial charge is 0.408 e. The number of carbonyl (C=O) groups excluding carboxylic acids is 1. The molecule has 2 heterocycles. The zero-order valence-corrected chi connectivity index (χ0v) is 18.4. The molecule has 0 aliphatic carbocycles. The highest BCUT2D eigenvalue weighted by Gasteiger charge is 2.23. The highest BCUT2D eigenvalue weighted by Crippen LogP contribution is 2.18. The summed E-state index contributed by atoms with van der Waals surface area (Å²) in [7, 11) is 0. The number of nitrogens with zero attached hydrogens (tertiary/aromatic N) is 5. The molecule has 180 valence electrons. The van der Waals surface area contributed by atoms with E-state index in [4.69, 9.17) is 16.2 Å². The number of nitrogens with one attached hydrogen (secondary N) is 2. The van der Waals surface area contributed by atoms with E-state index in [0.717, 1.165) is 18.4 Å². The van der Waals surface area contributed by atoms with Crippen LogP contribution in [0.3, 0.4) is 0 Å². The van der Waals surface area contributed by atoms with Gasteiger partial charge in [-0.25, -0.2) is 24.5 Å². The first-order chi connectivity index (χ1) is 16.4. The number of aliphatic carboxylic acids is 1. The number of fused-ring (bicyclic) bond motifs is 1. The van der Waals surface area contributed by atoms with E-state index in [-0.39, 0.29) is 19.1 Å². The van der Waals surface area contributed by atoms with Crippen LogP contribution < -0.4 is 22.1 Å². The second-order valence-electron chi connectivity index (χ2n) is 7.33. The standard InChI is InChI=1S/C21H27N9O4/c22-20(23)25-9-5-4-8-24-17-16-18(27-12-26-17)30(13-28-16)10-15(19(31)32)29-21(33)34-11-14-6-2-1-3-7-14/h1-3,6-7,12-13,15H,4-5,8-11H2,(H,29,33)(H,31,32)(H4,22,23,25)(H,24,26,27)/t15-/m0/s1. The van der Waals surface area contributed by atoms with E-state index in [2.05, 4.69) is 30.6 Å². The molecule has 0 bridgehead atoms. The third-order valence-electron chi connectivity index (χ3n) is 4.76. The Labute approximate surface area is 195 Å². The Bertz CT molecular complexity index is 1130. The predicted molar refractivity (Wildman–Crippen MR) is 125 cm³/mol. The number of imidazole rings is 1. The molecule has 0 saturated heterocycles. The quantitative estimate of drug-likeness (QED) is 0.143. The maximum absolute atomic E-state index is 12.1. The number of ether oxygens (including phenoxy) is 1. The first-order valence-electron chi connectivity index (χ1n) is 10.6. The molecule has 1 atom stereocenters. The second-order valence-corrected chi connectivity index (χ2v) is 7.33. The lowest BCUT2D eigenvalue weighted by Crippen LogP contribution is -2.43. The maximum Gasteiger partial charge on any atom is 0.408 e. The number of benzene rings is 1. The van der Waals surface area contributed by atoms with E-state index < -0.39 is 18.1 Å². The van der Waals surface area contributed by atoms with Crippen LogP contribution in [0.2, 0.25) is 0 Å². The van der Waals surface area contributed by atoms with E-state index in [1.54, 1.807) is 12.1 Å². The van der Waals surface area contributed by atoms with Crippen molar-refractivity contribution >= 4 is 35.0 Å². The van der Waals surface area contributed by atoms with Gasteiger partial charge in [0.05, 0.1) is 12.9 Å². The molecular formula is C21H27N9O4. The number of aliphatic imine (C=N–C) groups is 1. The van der Waals surface area contributed by atoms with E-state index >= 15 is 0 Å². The van der Waals surface area contributed by atoms with Crippen molar-refractivity contribution in [1.29, 1.82) is 0 Å². The van der Waals surface area contributed by atoms with Gasteiger partial charge in [0.25, 0.3) is 0 Å². The van der Waals surface area contributed by atoms with Crippen LogP contribution >= 0.6 is 0 Å². The molecule has 0 fully saturated rings. The van der Waals surface area contributed by atoms with Crippen molar-refractivity contribution in [2.45, 2.75) is 32.0 Å². The lowest BCUT2D eigenvalue weighted by atomic mass is 10.2. The fourth-order valence-electron chi connectivity index (χ4n) is 3.08. The summed E-state index contributed by atoms with van der Waals surface area (Å²) in [4.78, 5) is 40.5. The number of hydrogen-bond donors (Lipinski definition) is 5. The van der Waals surface area contributed by atoms with Crippen LogP contribution in [-0.2, 0) is 22.7 Å². The van der Waals surface area contributed by atoms with Gasteiger partial charge >= 0.3 is 12.1 Å². The van der Waals surface area contributed by atoms with Crippen molar-refractivity contribution in [1.82, 2.24) is 24.8 Å². The van der Waals surface area contributed by atoms with Gasteiger partial charge in [0.2, 0.25) is 0 Å². The minimum atomic E-state index is -1.25. The molecule has 3 rings (SSSR count). The maximum atomic E-state index is 12.1. The fraction of sp³-hybridized carbons (Fsp3) is 0.333. The molecule has 13 nitrogen and oxygen atoms in total. The molecule has 0 aliphatic rings. The molecule has 1 amide bonds. The number of carboxylic acids is 1. The Morgan fingerprint density at radius 1 is 1.15 bits per heavy atom. The number of unbranched alkanes of at least 4 members (excludes halogenated alkanes) is 1. The molecule has 0 unspecified atom stereocenters. The third kappa shape index (κ3) is 7.05. The first-order valence-corrected chi connectivity index (χ1v) is 10.6. The van der Waals surface area contributed by atoms with Gasteiger partial charge in [0.1, 0.15) is 24.5 Å². The van der Waals surface area contributed by atoms with Gasteiger partial charge in [0.15, 0.2) is 17.4 Å². The Morgan fingerprint density at radius 2 is 1.94 bits per heavy atom. The van der Waals surface area contributed by atoms with Crippen molar-refractivity contribution in [3.05, 3.63) is 48.5 Å². The average molecular weight is 470 g/mol. The lowest BCUT2D eigenvalue weighted by Gasteiger charge is -2.15. The van der Waals surface area contributed by atoms with Gasteiger partial charge in [-0.3, -0.25) is 4.99 Å². The molecule has 34 heavy (non-hydrogen) atoms. The monoisotopic (exact) mass is 469 g/mol. The molecular weight excluding hydrogens is 442 g/mol. The molecule has 0 aliphatic heterocycles. The highest BCUT2D eigenvalue weighted by molar-refractivity contribution is 5.83. The van der Waals surface area contributed by atoms with E-state index in [1.807, 2.05) is 18.2 Å². The molecule has 7 N–H and O–H groups in total. The third-order valence-corrected chi connectivity index (χ3v) is 4.76. The van der Waals surface area contributed by atoms with Crippen molar-refractivity contribution in [2.24, 2.45) is 16.5 Å². The molecule has 1 aromatic carbocycles. The summed E-state index contributed by atoms with van der Waals surface area (Å²) in [6, 6.07) is 7.84. The van der Waals surface area contributed by atoms with Crippen LogP contribution in [0.1, 0.15) is 18.4 Å². The summed E-state index contributed by atoms with van der Waals surface area (Å²) in [6.07, 6.45) is 3.58. The predicted octanol–water partition coefficient (Wildman–Crippen LogP) is 0.671. The zero-order valence-electron chi connectivity index (χ0n) is 18.4. The number of aromatic nitrogens is 4. The van der Waals surface area contributed by atoms with Gasteiger partial charge in [-0.05, 0) is 18.4 Å². The van der Waals surface area contributed by atoms with Crippen molar-refractivity contribution < 1.29 is 19.4 Å². The van der Waals surface area contributed by atoms with Gasteiger partial charge in [-0.15, -0.1) is 0 Å². The molecule has 13 heteroatoms. The number of hydrogen-bond acceptors (Lipinski definition) is 8. The first kappa shape index (κ1) is 24.2. The van der Waals surface area contributed by atoms with Crippen LogP contribution in [0.25, 0.3) is 11.2 Å². The summed E-state index contributed by atoms with van der Waals surface area (Å²) >= 11 is 0. The molecule has 0 spiro atoms. The summed E-state index contributed by atoms with van der Waals surface area (Å²) in [5, 5.41) is 15.1. The zero-order chi connectivity index (χ0) is 24.3. The molecule has 2 aromatic heterocycles. The lowest BCUT2D eigenvalue weighted by molar-refractivity contribution is -0.139. The topological polar surface area (TPSA) is 196 Å². The number of guanidine groups is 1. The number of anilines is 1. The number of carboxylic acid groups (broad SMARTS) is 1. The minimum Gasteiger partial charge on any atom is -0.480 e. The van der Waals surface area contributed by atoms with E-state index in [1.165, 1.54) is 17.2 Å². The average Bonchev–Trinajstić information content (AvgIpc) is 3.23. The largest absolute Gasteiger partial charge is 0.480 e. The van der Waals surface area contributed by atoms with Crippen molar-refractivity contribution in [3.63, 3.8) is 0 Å². The van der Waals surface area contributed by atoms with Gasteiger partial charge in [-0.2, -0.15) is 0 Å². The van der Waals surface area contributed by atoms with Crippen LogP contribution in [0.5, 0.6) is 0 Å². The fourth-order valence-corrected chi connectivity index (χ4v) is 3.08. The van der Waals surface area contributed by atoms with Crippen LogP contribution in [-0.4, -0.2) is 61.8 Å². The number of amides is 1. The Kier molecular flexibility index (Phi) is 8.54. The van der Waals surface area contributed by atoms with Crippen LogP contribution in [0, 0.1) is 0 Å². The summed E-state index contributed by atoms with van der Waals surface area (Å²) in [5.74, 6) is -0.631. The summed E-state index contributed by atoms with van der Waals surface area (Å²) in [6.45, 7) is 1.09. The highest BCUT2D eigenvalue weighted by atomic mass is 16.5. The summed E-state index contributed by atoms with van der Waals surface area (Å²) in [5.41, 5.74) is 12.3. The van der Waals surface area contributed by atoms with E-state index in [0.29, 0.717) is 30.1 Å². The Morgan fingerprint density at radius 3 is 2.68 bits per heavy atom. The van der Waals surface area contributed by atoms with Crippen LogP contribution in [0.4, 0.5) is 10.6 Å². The van der Waals surface area contributed by atoms with E-state index in [9.17, 15) is 14.7 Å². The van der Waals surface area contributed by atoms with Crippen molar-refractivity contribution in [2.75, 3.05) is 18.4 Å². The Balaban J connectivity index is 1.58. The molecule has 3 aromatic rings. The number of carbonyl (C=O) groups is 2. The second kappa shape index (κ2) is 12.0. The molecule has 0 radical (unpaired) electrons. The summed E-state index contributed by atoms with van der Waals surface area (Å²) < 4.78 is 6.66. The number of nitrogens with two attached hydrogens (primary N) is 2. The number of alkyl carbamates (subject to hydrolysis) is 1. The van der Waals surface area contributed by atoms with Crippen LogP contribution in [0.15, 0.2) is 48.0 Å². The normalized spacial score (nSPS) is 11.5. The SMILES string of the molecule is NC(N)=NCCCCNc1ncnc2c1ncn2C[C@H](NC(=O)OCc1ccccc1)C(=O)O. The molecule has 0 saturated carbocycles.